The van der Waals surface area contributed by atoms with Gasteiger partial charge in [0.15, 0.2) is 11.6 Å². The standard InChI is InChI=1S/C34H46N2O3/c1-20-23-10-11-32(5)26(31(23,4)17-22(19-35)28(20)38)16-25(37)27-24-18-30(2,3)12-14-34(24,15-13-33(27,32)6)36-29(39)21-8-7-9-21/h16-17,20-21,23-24,27H,7-15,18H2,1-6H3,(H,36,39)/t20-,23-,24-,27-,31-,32+,33+,34-/m0/s1. The Bertz CT molecular complexity index is 1250. The summed E-state index contributed by atoms with van der Waals surface area (Å²) in [5, 5.41) is 13.4. The number of allylic oxidation sites excluding steroid dienone is 4. The molecule has 210 valence electrons. The molecular weight excluding hydrogens is 484 g/mol. The minimum atomic E-state index is -0.478. The molecule has 1 amide bonds. The molecule has 39 heavy (non-hydrogen) atoms. The van der Waals surface area contributed by atoms with Crippen molar-refractivity contribution in [1.82, 2.24) is 5.32 Å². The van der Waals surface area contributed by atoms with Crippen LogP contribution < -0.4 is 5.32 Å². The fraction of sp³-hybridized carbons (Fsp3) is 0.765. The minimum absolute atomic E-state index is 0.0514. The highest BCUT2D eigenvalue weighted by Gasteiger charge is 2.69. The first kappa shape index (κ1) is 27.0. The molecule has 8 atom stereocenters. The van der Waals surface area contributed by atoms with Crippen molar-refractivity contribution in [3.05, 3.63) is 23.3 Å². The van der Waals surface area contributed by atoms with Crippen LogP contribution in [0.2, 0.25) is 0 Å². The smallest absolute Gasteiger partial charge is 0.223 e. The van der Waals surface area contributed by atoms with Crippen LogP contribution in [0.4, 0.5) is 0 Å². The van der Waals surface area contributed by atoms with Gasteiger partial charge in [0, 0.05) is 28.7 Å². The summed E-state index contributed by atoms with van der Waals surface area (Å²) in [5.74, 6) is 0.368. The van der Waals surface area contributed by atoms with Crippen LogP contribution in [0.1, 0.15) is 106 Å². The van der Waals surface area contributed by atoms with Crippen LogP contribution in [0.15, 0.2) is 23.3 Å². The van der Waals surface area contributed by atoms with Gasteiger partial charge in [0.05, 0.1) is 5.57 Å². The lowest BCUT2D eigenvalue weighted by Crippen LogP contribution is -2.70. The monoisotopic (exact) mass is 530 g/mol. The number of nitrogens with one attached hydrogen (secondary N) is 1. The predicted molar refractivity (Wildman–Crippen MR) is 150 cm³/mol. The Labute approximate surface area is 234 Å². The highest BCUT2D eigenvalue weighted by molar-refractivity contribution is 6.02. The van der Waals surface area contributed by atoms with Crippen molar-refractivity contribution < 1.29 is 14.4 Å². The molecule has 0 aromatic carbocycles. The van der Waals surface area contributed by atoms with E-state index in [2.05, 4.69) is 46.0 Å². The van der Waals surface area contributed by atoms with E-state index in [-0.39, 0.29) is 74.4 Å². The minimum Gasteiger partial charge on any atom is -0.350 e. The molecule has 6 aliphatic carbocycles. The summed E-state index contributed by atoms with van der Waals surface area (Å²) in [5.41, 5.74) is 0.296. The molecule has 0 bridgehead atoms. The molecule has 0 spiro atoms. The summed E-state index contributed by atoms with van der Waals surface area (Å²) >= 11 is 0. The number of carbonyl (C=O) groups excluding carboxylic acids is 3. The van der Waals surface area contributed by atoms with Crippen molar-refractivity contribution in [2.45, 2.75) is 111 Å². The molecule has 0 unspecified atom stereocenters. The molecule has 6 rings (SSSR count). The average Bonchev–Trinajstić information content (AvgIpc) is 2.82. The van der Waals surface area contributed by atoms with Gasteiger partial charge in [-0.25, -0.2) is 0 Å². The maximum absolute atomic E-state index is 14.5. The van der Waals surface area contributed by atoms with E-state index >= 15 is 0 Å². The third kappa shape index (κ3) is 3.51. The number of carbonyl (C=O) groups is 3. The van der Waals surface area contributed by atoms with Crippen molar-refractivity contribution in [2.24, 2.45) is 51.2 Å². The van der Waals surface area contributed by atoms with Crippen LogP contribution in [-0.4, -0.2) is 23.0 Å². The number of hydrogen-bond donors (Lipinski definition) is 1. The van der Waals surface area contributed by atoms with E-state index in [1.54, 1.807) is 0 Å². The van der Waals surface area contributed by atoms with Crippen LogP contribution in [0.3, 0.4) is 0 Å². The lowest BCUT2D eigenvalue weighted by molar-refractivity contribution is -0.163. The highest BCUT2D eigenvalue weighted by atomic mass is 16.2. The summed E-state index contributed by atoms with van der Waals surface area (Å²) < 4.78 is 0. The number of ketones is 2. The van der Waals surface area contributed by atoms with Gasteiger partial charge in [-0.3, -0.25) is 14.4 Å². The molecule has 0 radical (unpaired) electrons. The molecule has 1 N–H and O–H groups in total. The molecule has 5 nitrogen and oxygen atoms in total. The van der Waals surface area contributed by atoms with E-state index in [0.29, 0.717) is 0 Å². The Balaban J connectivity index is 1.46. The number of fused-ring (bicyclic) bond motifs is 7. The quantitative estimate of drug-likeness (QED) is 0.442. The van der Waals surface area contributed by atoms with Gasteiger partial charge in [-0.1, -0.05) is 59.6 Å². The molecule has 0 aromatic heterocycles. The predicted octanol–water partition coefficient (Wildman–Crippen LogP) is 6.48. The highest BCUT2D eigenvalue weighted by Crippen LogP contribution is 2.72. The first-order valence-electron chi connectivity index (χ1n) is 15.5. The van der Waals surface area contributed by atoms with E-state index in [1.165, 1.54) is 0 Å². The summed E-state index contributed by atoms with van der Waals surface area (Å²) in [6, 6.07) is 2.17. The molecule has 4 fully saturated rings. The van der Waals surface area contributed by atoms with Gasteiger partial charge in [-0.05, 0) is 91.9 Å². The molecule has 0 aliphatic heterocycles. The third-order valence-electron chi connectivity index (χ3n) is 13.4. The number of Topliss-reactive ketones (excluding diaryl/α,β-unsaturated/α-hetero) is 1. The van der Waals surface area contributed by atoms with E-state index < -0.39 is 5.41 Å². The van der Waals surface area contributed by atoms with Crippen LogP contribution in [-0.2, 0) is 14.4 Å². The second kappa shape index (κ2) is 8.40. The molecule has 6 aliphatic rings. The fourth-order valence-corrected chi connectivity index (χ4v) is 10.5. The summed E-state index contributed by atoms with van der Waals surface area (Å²) in [7, 11) is 0. The van der Waals surface area contributed by atoms with Gasteiger partial charge in [-0.2, -0.15) is 5.26 Å². The van der Waals surface area contributed by atoms with Crippen LogP contribution in [0.25, 0.3) is 0 Å². The largest absolute Gasteiger partial charge is 0.350 e. The molecular formula is C34H46N2O3. The van der Waals surface area contributed by atoms with Crippen LogP contribution in [0.5, 0.6) is 0 Å². The van der Waals surface area contributed by atoms with E-state index in [4.69, 9.17) is 0 Å². The van der Waals surface area contributed by atoms with Crippen molar-refractivity contribution in [2.75, 3.05) is 0 Å². The number of rotatable bonds is 2. The lowest BCUT2D eigenvalue weighted by atomic mass is 9.35. The zero-order chi connectivity index (χ0) is 28.2. The summed E-state index contributed by atoms with van der Waals surface area (Å²) in [6.45, 7) is 13.5. The molecule has 4 saturated carbocycles. The van der Waals surface area contributed by atoms with Crippen LogP contribution >= 0.6 is 0 Å². The zero-order valence-corrected chi connectivity index (χ0v) is 24.8. The van der Waals surface area contributed by atoms with Crippen molar-refractivity contribution in [3.63, 3.8) is 0 Å². The second-order valence-corrected chi connectivity index (χ2v) is 15.7. The SMILES string of the molecule is C[C@@H]1C(=O)C(C#N)=C[C@]2(C)C3=CC(=O)[C@@H]4[C@@H]5CC(C)(C)CC[C@]5(NC(=O)C5CCC5)CC[C@@]4(C)[C@]3(C)CC[C@@H]12. The van der Waals surface area contributed by atoms with Gasteiger partial charge in [0.25, 0.3) is 0 Å². The van der Waals surface area contributed by atoms with Crippen molar-refractivity contribution >= 4 is 17.5 Å². The van der Waals surface area contributed by atoms with Gasteiger partial charge in [0.2, 0.25) is 5.91 Å². The number of nitrogens with zero attached hydrogens (tertiary/aromatic N) is 1. The summed E-state index contributed by atoms with van der Waals surface area (Å²) in [6.07, 6.45) is 13.6. The Kier molecular flexibility index (Phi) is 5.81. The zero-order valence-electron chi connectivity index (χ0n) is 24.8. The maximum atomic E-state index is 14.5. The Morgan fingerprint density at radius 2 is 1.67 bits per heavy atom. The normalized spacial score (nSPS) is 46.7. The molecule has 5 heteroatoms. The number of nitriles is 1. The van der Waals surface area contributed by atoms with Gasteiger partial charge < -0.3 is 5.32 Å². The Morgan fingerprint density at radius 3 is 2.31 bits per heavy atom. The van der Waals surface area contributed by atoms with E-state index in [9.17, 15) is 19.6 Å². The van der Waals surface area contributed by atoms with Gasteiger partial charge in [-0.15, -0.1) is 0 Å². The van der Waals surface area contributed by atoms with Crippen molar-refractivity contribution in [1.29, 1.82) is 5.26 Å². The second-order valence-electron chi connectivity index (χ2n) is 15.7. The topological polar surface area (TPSA) is 87.0 Å². The number of amides is 1. The van der Waals surface area contributed by atoms with Crippen molar-refractivity contribution in [3.8, 4) is 6.07 Å². The van der Waals surface area contributed by atoms with Crippen LogP contribution in [0, 0.1) is 62.6 Å². The maximum Gasteiger partial charge on any atom is 0.223 e. The first-order valence-corrected chi connectivity index (χ1v) is 15.5. The molecule has 0 saturated heterocycles. The fourth-order valence-electron chi connectivity index (χ4n) is 10.5. The third-order valence-corrected chi connectivity index (χ3v) is 13.4. The van der Waals surface area contributed by atoms with Gasteiger partial charge >= 0.3 is 0 Å². The number of hydrogen-bond acceptors (Lipinski definition) is 4. The first-order chi connectivity index (χ1) is 18.2. The Hall–Kier alpha value is -2.22. The van der Waals surface area contributed by atoms with Gasteiger partial charge in [0.1, 0.15) is 6.07 Å². The molecule has 0 heterocycles. The molecule has 0 aromatic rings. The lowest BCUT2D eigenvalue weighted by Gasteiger charge is -2.68. The van der Waals surface area contributed by atoms with E-state index in [1.807, 2.05) is 19.1 Å². The summed E-state index contributed by atoms with van der Waals surface area (Å²) in [4.78, 5) is 40.8. The van der Waals surface area contributed by atoms with E-state index in [0.717, 1.165) is 69.8 Å². The Morgan fingerprint density at radius 1 is 0.974 bits per heavy atom. The average molecular weight is 531 g/mol.